The number of carboxylic acid groups (broad SMARTS) is 1. The maximum Gasteiger partial charge on any atom is 1.00 e. The summed E-state index contributed by atoms with van der Waals surface area (Å²) in [5.41, 5.74) is 2.45. The van der Waals surface area contributed by atoms with Crippen LogP contribution in [0.25, 0.3) is 6.08 Å². The third kappa shape index (κ3) is 2.29. The maximum absolute atomic E-state index is 12.0. The molecule has 1 aromatic rings. The van der Waals surface area contributed by atoms with Gasteiger partial charge < -0.3 is 9.90 Å². The van der Waals surface area contributed by atoms with Crippen molar-refractivity contribution in [2.75, 3.05) is 0 Å². The standard InChI is InChI=1S/C12H9N3O3S2.Na/c16-10-8(11-15(10)9(4-20-11)12(17)18)2-6-1-7-3-19-5-14(7)13-6;/h1-2,4,11H,3,5H2,(H,17,18);/q;+1/p-1/b8-2+;. The summed E-state index contributed by atoms with van der Waals surface area (Å²) >= 11 is 3.10. The number of carbonyl (C=O) groups excluding carboxylic acids is 2. The van der Waals surface area contributed by atoms with Crippen LogP contribution in [-0.2, 0) is 21.2 Å². The van der Waals surface area contributed by atoms with Crippen molar-refractivity contribution in [2.24, 2.45) is 0 Å². The van der Waals surface area contributed by atoms with E-state index in [2.05, 4.69) is 5.10 Å². The summed E-state index contributed by atoms with van der Waals surface area (Å²) in [4.78, 5) is 24.1. The molecule has 21 heavy (non-hydrogen) atoms. The first-order valence-corrected chi connectivity index (χ1v) is 8.01. The molecule has 1 unspecified atom stereocenters. The zero-order valence-electron chi connectivity index (χ0n) is 11.1. The number of fused-ring (bicyclic) bond motifs is 2. The number of thioether (sulfide) groups is 2. The van der Waals surface area contributed by atoms with Crippen LogP contribution in [0.3, 0.4) is 0 Å². The minimum atomic E-state index is -1.31. The number of hydrogen-bond donors (Lipinski definition) is 0. The van der Waals surface area contributed by atoms with E-state index in [9.17, 15) is 14.7 Å². The summed E-state index contributed by atoms with van der Waals surface area (Å²) in [6, 6.07) is 1.97. The number of amides is 1. The van der Waals surface area contributed by atoms with Crippen LogP contribution in [0.1, 0.15) is 11.4 Å². The molecule has 0 bridgehead atoms. The Morgan fingerprint density at radius 2 is 2.33 bits per heavy atom. The number of hydrogen-bond acceptors (Lipinski definition) is 6. The number of aliphatic carboxylic acids is 1. The zero-order valence-corrected chi connectivity index (χ0v) is 14.7. The predicted molar refractivity (Wildman–Crippen MR) is 72.8 cm³/mol. The molecule has 0 aliphatic carbocycles. The molecule has 3 aliphatic rings. The second-order valence-corrected chi connectivity index (χ2v) is 6.50. The van der Waals surface area contributed by atoms with Crippen LogP contribution in [0.4, 0.5) is 0 Å². The van der Waals surface area contributed by atoms with Gasteiger partial charge in [0.15, 0.2) is 0 Å². The van der Waals surface area contributed by atoms with Crippen molar-refractivity contribution < 1.29 is 44.3 Å². The van der Waals surface area contributed by atoms with Gasteiger partial charge in [-0.25, -0.2) is 0 Å². The molecule has 0 N–H and O–H groups in total. The van der Waals surface area contributed by atoms with Crippen LogP contribution in [0.5, 0.6) is 0 Å². The summed E-state index contributed by atoms with van der Waals surface area (Å²) in [7, 11) is 0. The fourth-order valence-electron chi connectivity index (χ4n) is 2.43. The van der Waals surface area contributed by atoms with Gasteiger partial charge in [-0.3, -0.25) is 14.4 Å². The van der Waals surface area contributed by atoms with Gasteiger partial charge in [0.25, 0.3) is 5.91 Å². The van der Waals surface area contributed by atoms with E-state index in [-0.39, 0.29) is 46.5 Å². The van der Waals surface area contributed by atoms with E-state index in [1.54, 1.807) is 17.8 Å². The van der Waals surface area contributed by atoms with Gasteiger partial charge in [0, 0.05) is 11.4 Å². The molecule has 1 aromatic heterocycles. The molecule has 0 aromatic carbocycles. The Morgan fingerprint density at radius 1 is 1.52 bits per heavy atom. The van der Waals surface area contributed by atoms with Crippen molar-refractivity contribution in [3.05, 3.63) is 34.1 Å². The van der Waals surface area contributed by atoms with E-state index in [0.29, 0.717) is 5.57 Å². The molecule has 1 atom stereocenters. The number of nitrogens with zero attached hydrogens (tertiary/aromatic N) is 3. The summed E-state index contributed by atoms with van der Waals surface area (Å²) < 4.78 is 1.92. The van der Waals surface area contributed by atoms with Gasteiger partial charge in [-0.05, 0) is 17.6 Å². The van der Waals surface area contributed by atoms with Gasteiger partial charge in [-0.1, -0.05) is 0 Å². The Labute approximate surface area is 150 Å². The molecule has 0 radical (unpaired) electrons. The molecular weight excluding hydrogens is 321 g/mol. The monoisotopic (exact) mass is 329 g/mol. The molecule has 0 spiro atoms. The van der Waals surface area contributed by atoms with E-state index in [1.165, 1.54) is 22.1 Å². The van der Waals surface area contributed by atoms with Crippen LogP contribution in [-0.4, -0.2) is 31.9 Å². The van der Waals surface area contributed by atoms with Crippen LogP contribution >= 0.6 is 23.5 Å². The summed E-state index contributed by atoms with van der Waals surface area (Å²) in [6.45, 7) is 0. The Hall–Kier alpha value is -0.670. The molecule has 3 aliphatic heterocycles. The van der Waals surface area contributed by atoms with E-state index in [1.807, 2.05) is 10.7 Å². The molecule has 9 heteroatoms. The van der Waals surface area contributed by atoms with E-state index in [4.69, 9.17) is 0 Å². The SMILES string of the molecule is O=C([O-])C1=CSC2/C(=C/c3cc4n(n3)CSC4)C(=O)N12.[Na+]. The topological polar surface area (TPSA) is 78.3 Å². The molecule has 4 heterocycles. The fourth-order valence-corrected chi connectivity index (χ4v) is 4.47. The van der Waals surface area contributed by atoms with Gasteiger partial charge in [-0.15, -0.1) is 23.5 Å². The first kappa shape index (κ1) is 15.2. The molecule has 102 valence electrons. The molecule has 0 saturated carbocycles. The number of aromatic nitrogens is 2. The molecule has 1 saturated heterocycles. The Bertz CT molecular complexity index is 691. The van der Waals surface area contributed by atoms with Crippen LogP contribution in [0.2, 0.25) is 0 Å². The van der Waals surface area contributed by atoms with Crippen molar-refractivity contribution >= 4 is 41.5 Å². The van der Waals surface area contributed by atoms with Crippen molar-refractivity contribution in [3.63, 3.8) is 0 Å². The van der Waals surface area contributed by atoms with Gasteiger partial charge in [0.2, 0.25) is 0 Å². The normalized spacial score (nSPS) is 24.3. The van der Waals surface area contributed by atoms with E-state index < -0.39 is 5.97 Å². The fraction of sp³-hybridized carbons (Fsp3) is 0.250. The predicted octanol–water partition coefficient (Wildman–Crippen LogP) is -3.02. The smallest absolute Gasteiger partial charge is 0.543 e. The van der Waals surface area contributed by atoms with Gasteiger partial charge in [0.1, 0.15) is 5.37 Å². The minimum absolute atomic E-state index is 0. The summed E-state index contributed by atoms with van der Waals surface area (Å²) in [5, 5.41) is 16.5. The Balaban J connectivity index is 0.00000132. The second-order valence-electron chi connectivity index (χ2n) is 4.59. The van der Waals surface area contributed by atoms with Crippen LogP contribution in [0, 0.1) is 0 Å². The average molecular weight is 329 g/mol. The van der Waals surface area contributed by atoms with E-state index in [0.717, 1.165) is 23.0 Å². The minimum Gasteiger partial charge on any atom is -0.543 e. The van der Waals surface area contributed by atoms with E-state index >= 15 is 0 Å². The largest absolute Gasteiger partial charge is 1.00 e. The second kappa shape index (κ2) is 5.51. The molecule has 6 nitrogen and oxygen atoms in total. The molecule has 1 fully saturated rings. The van der Waals surface area contributed by atoms with Crippen molar-refractivity contribution in [3.8, 4) is 0 Å². The van der Waals surface area contributed by atoms with Crippen molar-refractivity contribution in [1.82, 2.24) is 14.7 Å². The molecule has 1 amide bonds. The quantitative estimate of drug-likeness (QED) is 0.327. The first-order chi connectivity index (χ1) is 9.65. The summed E-state index contributed by atoms with van der Waals surface area (Å²) in [6.07, 6.45) is 1.75. The third-order valence-electron chi connectivity index (χ3n) is 3.39. The molecular formula is C12H8N3NaO3S2. The van der Waals surface area contributed by atoms with Gasteiger partial charge in [-0.2, -0.15) is 5.10 Å². The van der Waals surface area contributed by atoms with Crippen LogP contribution < -0.4 is 34.7 Å². The average Bonchev–Trinajstić information content (AvgIpc) is 3.07. The first-order valence-electron chi connectivity index (χ1n) is 5.92. The number of rotatable bonds is 2. The van der Waals surface area contributed by atoms with Crippen molar-refractivity contribution in [1.29, 1.82) is 0 Å². The number of carbonyl (C=O) groups is 2. The number of β-lactam (4-membered cyclic amide) rings is 1. The Kier molecular flexibility index (Phi) is 4.00. The summed E-state index contributed by atoms with van der Waals surface area (Å²) in [5.74, 6) is 0.182. The third-order valence-corrected chi connectivity index (χ3v) is 5.40. The number of carboxylic acids is 1. The van der Waals surface area contributed by atoms with Crippen molar-refractivity contribution in [2.45, 2.75) is 17.0 Å². The van der Waals surface area contributed by atoms with Crippen LogP contribution in [0.15, 0.2) is 22.7 Å². The Morgan fingerprint density at radius 3 is 3.05 bits per heavy atom. The zero-order chi connectivity index (χ0) is 13.9. The van der Waals surface area contributed by atoms with Gasteiger partial charge in [0.05, 0.1) is 28.8 Å². The van der Waals surface area contributed by atoms with Gasteiger partial charge >= 0.3 is 29.6 Å². The molecule has 4 rings (SSSR count). The maximum atomic E-state index is 12.0.